The van der Waals surface area contributed by atoms with Crippen molar-refractivity contribution in [1.82, 2.24) is 14.3 Å². The highest BCUT2D eigenvalue weighted by Crippen LogP contribution is 2.20. The topological polar surface area (TPSA) is 80.2 Å². The summed E-state index contributed by atoms with van der Waals surface area (Å²) in [6.45, 7) is 3.51. The number of Topliss-reactive ketones (excluding diaryl/α,β-unsaturated/α-hetero) is 1. The minimum atomic E-state index is -3.39. The Kier molecular flexibility index (Phi) is 7.52. The average Bonchev–Trinajstić information content (AvgIpc) is 2.63. The Morgan fingerprint density at radius 1 is 1.22 bits per heavy atom. The molecule has 27 heavy (non-hydrogen) atoms. The maximum atomic E-state index is 12.3. The normalized spacial score (nSPS) is 12.9. The number of thioether (sulfide) groups is 1. The summed E-state index contributed by atoms with van der Waals surface area (Å²) in [6, 6.07) is 11.3. The molecule has 0 amide bonds. The number of hydrogen-bond acceptors (Lipinski definition) is 6. The molecule has 0 spiro atoms. The quantitative estimate of drug-likeness (QED) is 0.470. The van der Waals surface area contributed by atoms with Gasteiger partial charge in [0.05, 0.1) is 12.3 Å². The highest BCUT2D eigenvalue weighted by molar-refractivity contribution is 7.98. The van der Waals surface area contributed by atoms with Crippen molar-refractivity contribution >= 4 is 27.6 Å². The van der Waals surface area contributed by atoms with Gasteiger partial charge in [-0.3, -0.25) is 4.79 Å². The second-order valence-corrected chi connectivity index (χ2v) is 9.46. The molecule has 0 N–H and O–H groups in total. The predicted octanol–water partition coefficient (Wildman–Crippen LogP) is 2.86. The molecule has 1 aromatic carbocycles. The summed E-state index contributed by atoms with van der Waals surface area (Å²) < 4.78 is 24.3. The van der Waals surface area contributed by atoms with Crippen LogP contribution in [0.25, 0.3) is 0 Å². The average molecular weight is 408 g/mol. The van der Waals surface area contributed by atoms with Crippen LogP contribution in [0.1, 0.15) is 30.3 Å². The van der Waals surface area contributed by atoms with Crippen molar-refractivity contribution in [2.45, 2.75) is 43.6 Å². The van der Waals surface area contributed by atoms with Crippen molar-refractivity contribution in [2.75, 3.05) is 13.3 Å². The molecule has 1 atom stereocenters. The van der Waals surface area contributed by atoms with Gasteiger partial charge in [0.25, 0.3) is 0 Å². The molecule has 2 aromatic rings. The molecule has 1 aromatic heterocycles. The van der Waals surface area contributed by atoms with Gasteiger partial charge in [-0.15, -0.1) is 0 Å². The highest BCUT2D eigenvalue weighted by atomic mass is 32.2. The zero-order valence-corrected chi connectivity index (χ0v) is 17.7. The van der Waals surface area contributed by atoms with Gasteiger partial charge < -0.3 is 0 Å². The lowest BCUT2D eigenvalue weighted by molar-refractivity contribution is -0.122. The van der Waals surface area contributed by atoms with E-state index < -0.39 is 16.1 Å². The number of carbonyl (C=O) groups excluding carboxylic acids is 1. The number of nitrogens with zero attached hydrogens (tertiary/aromatic N) is 3. The number of hydrogen-bond donors (Lipinski definition) is 0. The SMILES string of the molecule is Cc1cc(CCC(=O)C(C)N(C)S(C)(=O)=O)nc(SCc2ccccc2)n1. The minimum Gasteiger partial charge on any atom is -0.298 e. The number of aryl methyl sites for hydroxylation is 2. The second-order valence-electron chi connectivity index (χ2n) is 6.48. The lowest BCUT2D eigenvalue weighted by Gasteiger charge is -2.21. The van der Waals surface area contributed by atoms with Crippen LogP contribution in [0.2, 0.25) is 0 Å². The third-order valence-corrected chi connectivity index (χ3v) is 6.54. The molecule has 146 valence electrons. The molecule has 6 nitrogen and oxygen atoms in total. The Balaban J connectivity index is 1.98. The third kappa shape index (κ3) is 6.71. The van der Waals surface area contributed by atoms with Gasteiger partial charge in [0.2, 0.25) is 10.0 Å². The van der Waals surface area contributed by atoms with Crippen molar-refractivity contribution in [2.24, 2.45) is 0 Å². The van der Waals surface area contributed by atoms with Gasteiger partial charge in [0, 0.05) is 30.6 Å². The first kappa shape index (κ1) is 21.5. The van der Waals surface area contributed by atoms with E-state index in [4.69, 9.17) is 0 Å². The van der Waals surface area contributed by atoms with Crippen LogP contribution in [0, 0.1) is 6.92 Å². The van der Waals surface area contributed by atoms with Crippen LogP contribution in [-0.4, -0.2) is 47.8 Å². The van der Waals surface area contributed by atoms with E-state index >= 15 is 0 Å². The van der Waals surface area contributed by atoms with Gasteiger partial charge in [-0.1, -0.05) is 42.1 Å². The fourth-order valence-corrected chi connectivity index (χ4v) is 4.04. The molecule has 0 bridgehead atoms. The minimum absolute atomic E-state index is 0.127. The fraction of sp³-hybridized carbons (Fsp3) is 0.421. The number of ketones is 1. The van der Waals surface area contributed by atoms with Crippen molar-refractivity contribution in [1.29, 1.82) is 0 Å². The molecule has 0 saturated carbocycles. The molecule has 0 aliphatic rings. The summed E-state index contributed by atoms with van der Waals surface area (Å²) in [4.78, 5) is 21.3. The van der Waals surface area contributed by atoms with E-state index in [1.807, 2.05) is 31.2 Å². The second kappa shape index (κ2) is 9.43. The summed E-state index contributed by atoms with van der Waals surface area (Å²) >= 11 is 1.56. The van der Waals surface area contributed by atoms with Crippen molar-refractivity contribution in [3.63, 3.8) is 0 Å². The molecular weight excluding hydrogens is 382 g/mol. The number of rotatable bonds is 9. The lowest BCUT2D eigenvalue weighted by Crippen LogP contribution is -2.39. The predicted molar refractivity (Wildman–Crippen MR) is 108 cm³/mol. The monoisotopic (exact) mass is 407 g/mol. The van der Waals surface area contributed by atoms with Crippen molar-refractivity contribution in [3.8, 4) is 0 Å². The van der Waals surface area contributed by atoms with Crippen LogP contribution < -0.4 is 0 Å². The maximum Gasteiger partial charge on any atom is 0.211 e. The molecule has 8 heteroatoms. The molecule has 0 saturated heterocycles. The van der Waals surface area contributed by atoms with Gasteiger partial charge in [-0.2, -0.15) is 4.31 Å². The van der Waals surface area contributed by atoms with Crippen molar-refractivity contribution < 1.29 is 13.2 Å². The third-order valence-electron chi connectivity index (χ3n) is 4.26. The zero-order valence-electron chi connectivity index (χ0n) is 16.0. The van der Waals surface area contributed by atoms with Gasteiger partial charge in [-0.05, 0) is 31.9 Å². The van der Waals surface area contributed by atoms with Gasteiger partial charge >= 0.3 is 0 Å². The van der Waals surface area contributed by atoms with E-state index in [0.717, 1.165) is 27.7 Å². The summed E-state index contributed by atoms with van der Waals surface area (Å²) in [6.07, 6.45) is 1.80. The van der Waals surface area contributed by atoms with Gasteiger partial charge in [0.15, 0.2) is 10.9 Å². The first-order valence-corrected chi connectivity index (χ1v) is 11.5. The largest absolute Gasteiger partial charge is 0.298 e. The van der Waals surface area contributed by atoms with E-state index in [-0.39, 0.29) is 12.2 Å². The number of likely N-dealkylation sites (N-methyl/N-ethyl adjacent to an activating group) is 1. The Bertz CT molecular complexity index is 886. The van der Waals surface area contributed by atoms with Crippen LogP contribution in [0.15, 0.2) is 41.6 Å². The van der Waals surface area contributed by atoms with E-state index in [1.54, 1.807) is 18.7 Å². The van der Waals surface area contributed by atoms with Crippen molar-refractivity contribution in [3.05, 3.63) is 53.3 Å². The summed E-state index contributed by atoms with van der Waals surface area (Å²) in [7, 11) is -1.97. The fourth-order valence-electron chi connectivity index (χ4n) is 2.47. The van der Waals surface area contributed by atoms with Crippen LogP contribution in [0.4, 0.5) is 0 Å². The summed E-state index contributed by atoms with van der Waals surface area (Å²) in [5.41, 5.74) is 2.84. The Morgan fingerprint density at radius 2 is 1.89 bits per heavy atom. The number of sulfonamides is 1. The molecule has 0 aliphatic carbocycles. The first-order valence-electron chi connectivity index (χ1n) is 8.64. The van der Waals surface area contributed by atoms with E-state index in [0.29, 0.717) is 11.6 Å². The molecule has 2 rings (SSSR count). The Morgan fingerprint density at radius 3 is 2.52 bits per heavy atom. The molecule has 1 heterocycles. The summed E-state index contributed by atoms with van der Waals surface area (Å²) in [5, 5.41) is 0.683. The lowest BCUT2D eigenvalue weighted by atomic mass is 10.1. The van der Waals surface area contributed by atoms with Crippen LogP contribution in [-0.2, 0) is 27.0 Å². The van der Waals surface area contributed by atoms with Crippen LogP contribution in [0.5, 0.6) is 0 Å². The Hall–Kier alpha value is -1.77. The standard InChI is InChI=1S/C19H25N3O3S2/c1-14-12-17(10-11-18(23)15(2)22(3)27(4,24)25)21-19(20-14)26-13-16-8-6-5-7-9-16/h5-9,12,15H,10-11,13H2,1-4H3. The van der Waals surface area contributed by atoms with Gasteiger partial charge in [0.1, 0.15) is 0 Å². The van der Waals surface area contributed by atoms with E-state index in [2.05, 4.69) is 22.1 Å². The van der Waals surface area contributed by atoms with Crippen LogP contribution in [0.3, 0.4) is 0 Å². The maximum absolute atomic E-state index is 12.3. The Labute approximate surface area is 165 Å². The smallest absolute Gasteiger partial charge is 0.211 e. The zero-order chi connectivity index (χ0) is 20.0. The van der Waals surface area contributed by atoms with E-state index in [9.17, 15) is 13.2 Å². The van der Waals surface area contributed by atoms with E-state index in [1.165, 1.54) is 12.6 Å². The number of carbonyl (C=O) groups is 1. The molecule has 0 aliphatic heterocycles. The number of aromatic nitrogens is 2. The van der Waals surface area contributed by atoms with Crippen LogP contribution >= 0.6 is 11.8 Å². The molecule has 1 unspecified atom stereocenters. The molecule has 0 radical (unpaired) electrons. The molecular formula is C19H25N3O3S2. The van der Waals surface area contributed by atoms with Gasteiger partial charge in [-0.25, -0.2) is 18.4 Å². The molecule has 0 fully saturated rings. The first-order chi connectivity index (χ1) is 12.7. The number of benzene rings is 1. The summed E-state index contributed by atoms with van der Waals surface area (Å²) in [5.74, 6) is 0.649. The highest BCUT2D eigenvalue weighted by Gasteiger charge is 2.24.